The van der Waals surface area contributed by atoms with Crippen LogP contribution in [0.4, 0.5) is 4.79 Å². The minimum Gasteiger partial charge on any atom is -0.301 e. The number of rotatable bonds is 2. The van der Waals surface area contributed by atoms with E-state index in [1.54, 1.807) is 37.5 Å². The van der Waals surface area contributed by atoms with Gasteiger partial charge in [0.25, 0.3) is 5.91 Å². The largest absolute Gasteiger partial charge is 0.328 e. The number of carbonyl (C=O) groups excluding carboxylic acids is 2. The van der Waals surface area contributed by atoms with Gasteiger partial charge in [-0.1, -0.05) is 29.0 Å². The Hall–Kier alpha value is -2.48. The lowest BCUT2D eigenvalue weighted by Crippen LogP contribution is -2.63. The third-order valence-corrected chi connectivity index (χ3v) is 3.80. The second-order valence-corrected chi connectivity index (χ2v) is 5.41. The van der Waals surface area contributed by atoms with Gasteiger partial charge >= 0.3 is 6.03 Å². The van der Waals surface area contributed by atoms with Crippen LogP contribution in [0, 0.1) is 0 Å². The molecule has 2 heterocycles. The molecule has 1 aromatic rings. The fourth-order valence-electron chi connectivity index (χ4n) is 2.30. The molecule has 2 atom stereocenters. The summed E-state index contributed by atoms with van der Waals surface area (Å²) in [6.07, 6.45) is 0.929. The van der Waals surface area contributed by atoms with Gasteiger partial charge in [0.2, 0.25) is 0 Å². The molecule has 0 saturated carbocycles. The zero-order chi connectivity index (χ0) is 15.9. The van der Waals surface area contributed by atoms with Crippen LogP contribution < -0.4 is 0 Å². The highest BCUT2D eigenvalue weighted by molar-refractivity contribution is 6.30. The van der Waals surface area contributed by atoms with E-state index in [2.05, 4.69) is 15.4 Å². The zero-order valence-electron chi connectivity index (χ0n) is 11.9. The Morgan fingerprint density at radius 1 is 1.23 bits per heavy atom. The standard InChI is InChI=1S/C13H13ClN6O2/c1-18-11-10(12(21)19(2)13(18)22)16-17-20(11)15-7-8-3-5-9(14)6-4-8/h3-7,10-11H,1-2H3. The van der Waals surface area contributed by atoms with Gasteiger partial charge < -0.3 is 4.90 Å². The minimum absolute atomic E-state index is 0.388. The molecule has 2 aliphatic heterocycles. The fraction of sp³-hybridized carbons (Fsp3) is 0.308. The van der Waals surface area contributed by atoms with Crippen LogP contribution in [-0.4, -0.2) is 59.4 Å². The highest BCUT2D eigenvalue weighted by Gasteiger charge is 2.50. The normalized spacial score (nSPS) is 24.6. The molecule has 1 fully saturated rings. The van der Waals surface area contributed by atoms with Gasteiger partial charge in [0.1, 0.15) is 0 Å². The molecule has 22 heavy (non-hydrogen) atoms. The smallest absolute Gasteiger partial charge is 0.301 e. The third kappa shape index (κ3) is 2.31. The maximum Gasteiger partial charge on any atom is 0.328 e. The molecule has 0 aliphatic carbocycles. The third-order valence-electron chi connectivity index (χ3n) is 3.55. The Morgan fingerprint density at radius 2 is 1.91 bits per heavy atom. The summed E-state index contributed by atoms with van der Waals surface area (Å²) >= 11 is 5.82. The number of imide groups is 1. The van der Waals surface area contributed by atoms with E-state index in [1.165, 1.54) is 17.1 Å². The van der Waals surface area contributed by atoms with Crippen LogP contribution in [0.1, 0.15) is 5.56 Å². The predicted octanol–water partition coefficient (Wildman–Crippen LogP) is 1.58. The van der Waals surface area contributed by atoms with Crippen molar-refractivity contribution in [1.29, 1.82) is 0 Å². The predicted molar refractivity (Wildman–Crippen MR) is 79.2 cm³/mol. The zero-order valence-corrected chi connectivity index (χ0v) is 12.7. The number of hydrazone groups is 1. The molecule has 2 unspecified atom stereocenters. The summed E-state index contributed by atoms with van der Waals surface area (Å²) in [6.45, 7) is 0. The molecule has 3 rings (SSSR count). The first-order valence-electron chi connectivity index (χ1n) is 6.53. The van der Waals surface area contributed by atoms with Gasteiger partial charge in [-0.2, -0.15) is 10.2 Å². The first kappa shape index (κ1) is 14.5. The Labute approximate surface area is 131 Å². The molecule has 9 heteroatoms. The van der Waals surface area contributed by atoms with Gasteiger partial charge in [-0.15, -0.1) is 5.12 Å². The van der Waals surface area contributed by atoms with Crippen LogP contribution in [0.5, 0.6) is 0 Å². The molecule has 2 aliphatic rings. The Morgan fingerprint density at radius 3 is 2.59 bits per heavy atom. The maximum atomic E-state index is 12.1. The van der Waals surface area contributed by atoms with Crippen molar-refractivity contribution in [2.24, 2.45) is 15.4 Å². The van der Waals surface area contributed by atoms with Gasteiger partial charge in [0.05, 0.1) is 6.21 Å². The van der Waals surface area contributed by atoms with Crippen molar-refractivity contribution in [3.63, 3.8) is 0 Å². The molecular formula is C13H13ClN6O2. The van der Waals surface area contributed by atoms with Gasteiger partial charge in [-0.25, -0.2) is 4.79 Å². The van der Waals surface area contributed by atoms with Crippen molar-refractivity contribution >= 4 is 29.8 Å². The van der Waals surface area contributed by atoms with Crippen LogP contribution in [0.2, 0.25) is 5.02 Å². The molecule has 0 radical (unpaired) electrons. The van der Waals surface area contributed by atoms with Crippen molar-refractivity contribution in [3.05, 3.63) is 34.9 Å². The highest BCUT2D eigenvalue weighted by atomic mass is 35.5. The van der Waals surface area contributed by atoms with Gasteiger partial charge in [-0.05, 0) is 17.7 Å². The number of benzene rings is 1. The summed E-state index contributed by atoms with van der Waals surface area (Å²) in [6, 6.07) is 5.91. The monoisotopic (exact) mass is 320 g/mol. The minimum atomic E-state index is -0.755. The molecule has 0 N–H and O–H groups in total. The van der Waals surface area contributed by atoms with E-state index in [9.17, 15) is 9.59 Å². The van der Waals surface area contributed by atoms with Gasteiger partial charge in [-0.3, -0.25) is 9.69 Å². The fourth-order valence-corrected chi connectivity index (χ4v) is 2.43. The molecule has 0 spiro atoms. The van der Waals surface area contributed by atoms with Crippen LogP contribution in [0.25, 0.3) is 0 Å². The average Bonchev–Trinajstić information content (AvgIpc) is 2.94. The summed E-state index contributed by atoms with van der Waals surface area (Å²) in [5, 5.41) is 13.9. The summed E-state index contributed by atoms with van der Waals surface area (Å²) in [5.74, 6) is -0.388. The lowest BCUT2D eigenvalue weighted by atomic mass is 10.1. The molecule has 114 valence electrons. The van der Waals surface area contributed by atoms with Crippen molar-refractivity contribution in [1.82, 2.24) is 14.9 Å². The van der Waals surface area contributed by atoms with Crippen molar-refractivity contribution in [2.45, 2.75) is 12.2 Å². The van der Waals surface area contributed by atoms with E-state index in [0.717, 1.165) is 10.5 Å². The van der Waals surface area contributed by atoms with E-state index in [1.807, 2.05) is 0 Å². The van der Waals surface area contributed by atoms with Gasteiger partial charge in [0.15, 0.2) is 12.2 Å². The number of carbonyl (C=O) groups is 2. The van der Waals surface area contributed by atoms with E-state index in [4.69, 9.17) is 11.6 Å². The lowest BCUT2D eigenvalue weighted by molar-refractivity contribution is -0.134. The second kappa shape index (κ2) is 5.38. The number of urea groups is 1. The number of halogens is 1. The van der Waals surface area contributed by atoms with Crippen LogP contribution in [0.3, 0.4) is 0 Å². The number of hydrogen-bond acceptors (Lipinski definition) is 6. The van der Waals surface area contributed by atoms with E-state index in [-0.39, 0.29) is 5.91 Å². The summed E-state index contributed by atoms with van der Waals surface area (Å²) in [7, 11) is 3.01. The molecular weight excluding hydrogens is 308 g/mol. The summed E-state index contributed by atoms with van der Waals surface area (Å²) in [4.78, 5) is 26.5. The summed E-state index contributed by atoms with van der Waals surface area (Å²) in [5.41, 5.74) is 0.816. The van der Waals surface area contributed by atoms with Gasteiger partial charge in [0, 0.05) is 19.1 Å². The molecule has 3 amide bonds. The molecule has 0 aromatic heterocycles. The SMILES string of the molecule is CN1C(=O)C2N=NN(N=Cc3ccc(Cl)cc3)C2N(C)C1=O. The first-order chi connectivity index (χ1) is 10.5. The van der Waals surface area contributed by atoms with Crippen LogP contribution in [0.15, 0.2) is 39.7 Å². The topological polar surface area (TPSA) is 80.9 Å². The molecule has 0 bridgehead atoms. The number of amides is 3. The molecule has 1 saturated heterocycles. The number of fused-ring (bicyclic) bond motifs is 1. The highest BCUT2D eigenvalue weighted by Crippen LogP contribution is 2.27. The van der Waals surface area contributed by atoms with Crippen molar-refractivity contribution < 1.29 is 9.59 Å². The van der Waals surface area contributed by atoms with Crippen molar-refractivity contribution in [2.75, 3.05) is 14.1 Å². The summed E-state index contributed by atoms with van der Waals surface area (Å²) < 4.78 is 0. The van der Waals surface area contributed by atoms with Crippen LogP contribution in [-0.2, 0) is 4.79 Å². The first-order valence-corrected chi connectivity index (χ1v) is 6.91. The van der Waals surface area contributed by atoms with E-state index >= 15 is 0 Å². The number of likely N-dealkylation sites (N-methyl/N-ethyl adjacent to an activating group) is 2. The Kier molecular flexibility index (Phi) is 3.53. The lowest BCUT2D eigenvalue weighted by Gasteiger charge is -2.37. The molecule has 8 nitrogen and oxygen atoms in total. The quantitative estimate of drug-likeness (QED) is 0.776. The van der Waals surface area contributed by atoms with E-state index in [0.29, 0.717) is 5.02 Å². The Balaban J connectivity index is 1.81. The van der Waals surface area contributed by atoms with E-state index < -0.39 is 18.2 Å². The number of nitrogens with zero attached hydrogens (tertiary/aromatic N) is 6. The maximum absolute atomic E-state index is 12.1. The van der Waals surface area contributed by atoms with Crippen molar-refractivity contribution in [3.8, 4) is 0 Å². The average molecular weight is 321 g/mol. The Bertz CT molecular complexity index is 674. The second-order valence-electron chi connectivity index (χ2n) is 4.97. The number of hydrogen-bond donors (Lipinski definition) is 0. The molecule has 1 aromatic carbocycles. The van der Waals surface area contributed by atoms with Crippen LogP contribution >= 0.6 is 11.6 Å².